The third-order valence-corrected chi connectivity index (χ3v) is 18.3. The summed E-state index contributed by atoms with van der Waals surface area (Å²) in [5.74, 6) is 0. The van der Waals surface area contributed by atoms with E-state index >= 15 is 0 Å². The van der Waals surface area contributed by atoms with Gasteiger partial charge >= 0.3 is 0 Å². The van der Waals surface area contributed by atoms with Crippen molar-refractivity contribution in [2.75, 3.05) is 4.90 Å². The number of hydrogen-bond acceptors (Lipinski definition) is 1. The van der Waals surface area contributed by atoms with E-state index in [1.54, 1.807) is 0 Å². The van der Waals surface area contributed by atoms with Gasteiger partial charge in [0.2, 0.25) is 0 Å². The maximum Gasteiger partial charge on any atom is 0.179 e. The predicted molar refractivity (Wildman–Crippen MR) is 287 cm³/mol. The Bertz CT molecular complexity index is 3570. The molecule has 0 amide bonds. The lowest BCUT2D eigenvalue weighted by molar-refractivity contribution is 1.18. The van der Waals surface area contributed by atoms with Crippen LogP contribution in [0.4, 0.5) is 17.1 Å². The highest BCUT2D eigenvalue weighted by Crippen LogP contribution is 2.44. The van der Waals surface area contributed by atoms with Crippen LogP contribution in [0, 0.1) is 0 Å². The Hall–Kier alpha value is -8.50. The van der Waals surface area contributed by atoms with E-state index in [4.69, 9.17) is 0 Å². The molecule has 0 aliphatic rings. The molecule has 0 saturated heterocycles. The first-order valence-electron chi connectivity index (χ1n) is 23.1. The van der Waals surface area contributed by atoms with Crippen LogP contribution in [0.2, 0.25) is 0 Å². The van der Waals surface area contributed by atoms with Crippen molar-refractivity contribution in [3.63, 3.8) is 0 Å². The summed E-state index contributed by atoms with van der Waals surface area (Å²) in [6.45, 7) is 0. The molecule has 1 aromatic heterocycles. The molecule has 0 spiro atoms. The number of nitrogens with zero attached hydrogens (tertiary/aromatic N) is 2. The molecular formula is C64H46N2Si. The zero-order chi connectivity index (χ0) is 44.6. The molecular weight excluding hydrogens is 825 g/mol. The molecule has 11 aromatic carbocycles. The van der Waals surface area contributed by atoms with Gasteiger partial charge in [0.1, 0.15) is 0 Å². The Morgan fingerprint density at radius 1 is 0.299 bits per heavy atom. The molecule has 12 rings (SSSR count). The lowest BCUT2D eigenvalue weighted by atomic mass is 9.96. The van der Waals surface area contributed by atoms with Gasteiger partial charge in [-0.2, -0.15) is 0 Å². The maximum absolute atomic E-state index is 2.75. The van der Waals surface area contributed by atoms with Crippen molar-refractivity contribution in [3.8, 4) is 27.9 Å². The van der Waals surface area contributed by atoms with Crippen LogP contribution in [-0.4, -0.2) is 12.6 Å². The summed E-state index contributed by atoms with van der Waals surface area (Å²) in [7, 11) is -2.75. The zero-order valence-corrected chi connectivity index (χ0v) is 38.0. The van der Waals surface area contributed by atoms with Crippen molar-refractivity contribution in [2.45, 2.75) is 0 Å². The number of para-hydroxylation sites is 2. The summed E-state index contributed by atoms with van der Waals surface area (Å²) >= 11 is 0. The van der Waals surface area contributed by atoms with Gasteiger partial charge in [0.25, 0.3) is 0 Å². The first-order chi connectivity index (χ1) is 33.3. The van der Waals surface area contributed by atoms with Gasteiger partial charge in [0.15, 0.2) is 8.07 Å². The van der Waals surface area contributed by atoms with Crippen LogP contribution in [0.15, 0.2) is 279 Å². The molecule has 316 valence electrons. The minimum absolute atomic E-state index is 1.09. The van der Waals surface area contributed by atoms with Gasteiger partial charge in [-0.15, -0.1) is 0 Å². The molecule has 0 aliphatic heterocycles. The van der Waals surface area contributed by atoms with Crippen LogP contribution in [0.1, 0.15) is 0 Å². The molecule has 2 nitrogen and oxygen atoms in total. The fraction of sp³-hybridized carbons (Fsp3) is 0. The van der Waals surface area contributed by atoms with Crippen molar-refractivity contribution >= 4 is 78.5 Å². The molecule has 12 aromatic rings. The summed E-state index contributed by atoms with van der Waals surface area (Å²) in [5, 5.41) is 10.3. The Labute approximate surface area is 392 Å². The molecule has 0 unspecified atom stereocenters. The SMILES string of the molecule is c1ccc(-c2cccc3c(N(c4ccc([Si](c5ccccc5)(c5ccccc5)c5ccccc5)cc4)c4cccc(-c5cccc6c5c5ccccc5n6-c5ccccc5)c4)cccc23)cc1. The van der Waals surface area contributed by atoms with Crippen LogP contribution >= 0.6 is 0 Å². The van der Waals surface area contributed by atoms with Gasteiger partial charge in [-0.25, -0.2) is 0 Å². The van der Waals surface area contributed by atoms with E-state index in [1.165, 1.54) is 70.0 Å². The molecule has 67 heavy (non-hydrogen) atoms. The molecule has 0 aliphatic carbocycles. The van der Waals surface area contributed by atoms with Crippen molar-refractivity contribution in [2.24, 2.45) is 0 Å². The van der Waals surface area contributed by atoms with E-state index in [1.807, 2.05) is 0 Å². The summed E-state index contributed by atoms with van der Waals surface area (Å²) in [4.78, 5) is 2.47. The summed E-state index contributed by atoms with van der Waals surface area (Å²) in [6.07, 6.45) is 0. The summed E-state index contributed by atoms with van der Waals surface area (Å²) < 4.78 is 2.40. The van der Waals surface area contributed by atoms with Crippen molar-refractivity contribution in [1.29, 1.82) is 0 Å². The third-order valence-electron chi connectivity index (χ3n) is 13.5. The first-order valence-corrected chi connectivity index (χ1v) is 25.1. The van der Waals surface area contributed by atoms with Gasteiger partial charge in [-0.3, -0.25) is 0 Å². The summed E-state index contributed by atoms with van der Waals surface area (Å²) in [5.41, 5.74) is 11.6. The Morgan fingerprint density at radius 3 is 1.45 bits per heavy atom. The van der Waals surface area contributed by atoms with Crippen LogP contribution in [0.3, 0.4) is 0 Å². The van der Waals surface area contributed by atoms with E-state index in [2.05, 4.69) is 289 Å². The van der Waals surface area contributed by atoms with Crippen molar-refractivity contribution < 1.29 is 0 Å². The highest BCUT2D eigenvalue weighted by atomic mass is 28.3. The van der Waals surface area contributed by atoms with Gasteiger partial charge < -0.3 is 9.47 Å². The smallest absolute Gasteiger partial charge is 0.179 e. The van der Waals surface area contributed by atoms with E-state index in [-0.39, 0.29) is 0 Å². The molecule has 0 bridgehead atoms. The van der Waals surface area contributed by atoms with E-state index in [9.17, 15) is 0 Å². The molecule has 0 N–H and O–H groups in total. The van der Waals surface area contributed by atoms with Gasteiger partial charge in [0.05, 0.1) is 16.7 Å². The first kappa shape index (κ1) is 40.0. The highest BCUT2D eigenvalue weighted by molar-refractivity contribution is 7.19. The Kier molecular flexibility index (Phi) is 10.2. The van der Waals surface area contributed by atoms with Crippen molar-refractivity contribution in [3.05, 3.63) is 279 Å². The normalized spacial score (nSPS) is 11.6. The lowest BCUT2D eigenvalue weighted by Gasteiger charge is -2.35. The van der Waals surface area contributed by atoms with E-state index in [0.29, 0.717) is 0 Å². The van der Waals surface area contributed by atoms with Crippen molar-refractivity contribution in [1.82, 2.24) is 4.57 Å². The number of fused-ring (bicyclic) bond motifs is 4. The molecule has 0 fully saturated rings. The Morgan fingerprint density at radius 2 is 0.776 bits per heavy atom. The number of anilines is 3. The maximum atomic E-state index is 2.47. The number of hydrogen-bond donors (Lipinski definition) is 0. The van der Waals surface area contributed by atoms with Crippen LogP contribution in [0.25, 0.3) is 60.5 Å². The second kappa shape index (κ2) is 17.1. The third kappa shape index (κ3) is 6.87. The second-order valence-corrected chi connectivity index (χ2v) is 21.0. The fourth-order valence-electron chi connectivity index (χ4n) is 10.6. The Balaban J connectivity index is 1.08. The fourth-order valence-corrected chi connectivity index (χ4v) is 15.4. The minimum atomic E-state index is -2.75. The number of rotatable bonds is 10. The standard InChI is InChI=1S/C64H46N2Si/c1-6-22-47(23-7-1)56-35-19-38-59-58(56)37-21-40-61(59)65(50-42-44-55(45-43-50)67(52-28-10-3-11-29-52,53-30-12-4-13-31-53)54-32-14-5-15-33-54)51-27-18-24-48(46-51)57-36-20-41-63-64(57)60-34-16-17-39-62(60)66(63)49-25-8-2-9-26-49/h1-46H. The van der Waals surface area contributed by atoms with E-state index < -0.39 is 8.07 Å². The molecule has 0 radical (unpaired) electrons. The molecule has 1 heterocycles. The molecule has 0 saturated carbocycles. The van der Waals surface area contributed by atoms with Gasteiger partial charge in [-0.1, -0.05) is 224 Å². The highest BCUT2D eigenvalue weighted by Gasteiger charge is 2.41. The predicted octanol–water partition coefficient (Wildman–Crippen LogP) is 14.1. The van der Waals surface area contributed by atoms with Crippen LogP contribution in [0.5, 0.6) is 0 Å². The van der Waals surface area contributed by atoms with E-state index in [0.717, 1.165) is 28.3 Å². The topological polar surface area (TPSA) is 8.17 Å². The lowest BCUT2D eigenvalue weighted by Crippen LogP contribution is -2.74. The summed E-state index contributed by atoms with van der Waals surface area (Å²) in [6, 6.07) is 103. The van der Waals surface area contributed by atoms with Gasteiger partial charge in [-0.05, 0) is 103 Å². The van der Waals surface area contributed by atoms with Gasteiger partial charge in [0, 0.05) is 33.2 Å². The average Bonchev–Trinajstić information content (AvgIpc) is 3.75. The van der Waals surface area contributed by atoms with Crippen LogP contribution in [-0.2, 0) is 0 Å². The minimum Gasteiger partial charge on any atom is -0.310 e. The largest absolute Gasteiger partial charge is 0.310 e. The molecule has 3 heteroatoms. The monoisotopic (exact) mass is 870 g/mol. The average molecular weight is 871 g/mol. The van der Waals surface area contributed by atoms with Crippen LogP contribution < -0.4 is 25.6 Å². The number of benzene rings is 11. The zero-order valence-electron chi connectivity index (χ0n) is 37.0. The quantitative estimate of drug-likeness (QED) is 0.0982. The molecule has 0 atom stereocenters. The second-order valence-electron chi connectivity index (χ2n) is 17.2. The number of aromatic nitrogens is 1.